The van der Waals surface area contributed by atoms with E-state index in [1.807, 2.05) is 55.5 Å². The van der Waals surface area contributed by atoms with Gasteiger partial charge in [0.05, 0.1) is 18.0 Å². The molecular formula is C23H28N2O. The minimum Gasteiger partial charge on any atom is -0.349 e. The van der Waals surface area contributed by atoms with Crippen molar-refractivity contribution in [3.05, 3.63) is 71.8 Å². The van der Waals surface area contributed by atoms with Crippen LogP contribution in [0.3, 0.4) is 0 Å². The Kier molecular flexibility index (Phi) is 7.89. The molecule has 1 amide bonds. The fraction of sp³-hybridized carbons (Fsp3) is 0.391. The van der Waals surface area contributed by atoms with Crippen molar-refractivity contribution in [2.75, 3.05) is 0 Å². The average molecular weight is 348 g/mol. The molecule has 136 valence electrons. The average Bonchev–Trinajstić information content (AvgIpc) is 2.70. The summed E-state index contributed by atoms with van der Waals surface area (Å²) in [6.45, 7) is 4.04. The lowest BCUT2D eigenvalue weighted by Crippen LogP contribution is -2.30. The standard InChI is InChI=1S/C23H28N2O/c1-3-4-15-23(26)25-22(20-13-9-6-10-14-20)16-21(18(2)17-24)19-11-7-5-8-12-19/h5-14,18,21-22H,3-4,15-16H2,1-2H3,(H,25,26). The van der Waals surface area contributed by atoms with E-state index in [1.165, 1.54) is 0 Å². The molecule has 3 atom stereocenters. The number of amides is 1. The topological polar surface area (TPSA) is 52.9 Å². The number of carbonyl (C=O) groups excluding carboxylic acids is 1. The summed E-state index contributed by atoms with van der Waals surface area (Å²) < 4.78 is 0. The van der Waals surface area contributed by atoms with E-state index in [1.54, 1.807) is 0 Å². The first kappa shape index (κ1) is 19.7. The molecule has 3 unspecified atom stereocenters. The number of nitrogens with one attached hydrogen (secondary N) is 1. The van der Waals surface area contributed by atoms with Crippen molar-refractivity contribution in [3.8, 4) is 6.07 Å². The molecule has 2 rings (SSSR count). The first-order valence-corrected chi connectivity index (χ1v) is 9.44. The largest absolute Gasteiger partial charge is 0.349 e. The highest BCUT2D eigenvalue weighted by molar-refractivity contribution is 5.76. The number of nitrogens with zero attached hydrogens (tertiary/aromatic N) is 1. The number of carbonyl (C=O) groups is 1. The van der Waals surface area contributed by atoms with Gasteiger partial charge in [0.1, 0.15) is 0 Å². The number of nitriles is 1. The lowest BCUT2D eigenvalue weighted by atomic mass is 9.81. The molecule has 1 N–H and O–H groups in total. The summed E-state index contributed by atoms with van der Waals surface area (Å²) in [6, 6.07) is 22.5. The van der Waals surface area contributed by atoms with Crippen LogP contribution in [0, 0.1) is 17.2 Å². The van der Waals surface area contributed by atoms with Crippen LogP contribution in [0.4, 0.5) is 0 Å². The Hall–Kier alpha value is -2.60. The van der Waals surface area contributed by atoms with Crippen molar-refractivity contribution in [3.63, 3.8) is 0 Å². The minimum atomic E-state index is -0.129. The van der Waals surface area contributed by atoms with Crippen LogP contribution in [0.1, 0.15) is 62.6 Å². The van der Waals surface area contributed by atoms with Crippen LogP contribution in [-0.4, -0.2) is 5.91 Å². The van der Waals surface area contributed by atoms with Gasteiger partial charge in [0.25, 0.3) is 0 Å². The zero-order valence-electron chi connectivity index (χ0n) is 15.7. The second-order valence-corrected chi connectivity index (χ2v) is 6.80. The van der Waals surface area contributed by atoms with Crippen LogP contribution >= 0.6 is 0 Å². The minimum absolute atomic E-state index is 0.0675. The quantitative estimate of drug-likeness (QED) is 0.662. The summed E-state index contributed by atoms with van der Waals surface area (Å²) in [4.78, 5) is 12.4. The Morgan fingerprint density at radius 2 is 1.62 bits per heavy atom. The van der Waals surface area contributed by atoms with Gasteiger partial charge >= 0.3 is 0 Å². The highest BCUT2D eigenvalue weighted by atomic mass is 16.1. The Morgan fingerprint density at radius 1 is 1.04 bits per heavy atom. The maximum Gasteiger partial charge on any atom is 0.220 e. The van der Waals surface area contributed by atoms with E-state index in [9.17, 15) is 10.1 Å². The van der Waals surface area contributed by atoms with Crippen molar-refractivity contribution < 1.29 is 4.79 Å². The molecule has 0 aliphatic carbocycles. The summed E-state index contributed by atoms with van der Waals surface area (Å²) in [5, 5.41) is 12.7. The molecule has 3 nitrogen and oxygen atoms in total. The van der Waals surface area contributed by atoms with Gasteiger partial charge in [-0.1, -0.05) is 74.0 Å². The molecular weight excluding hydrogens is 320 g/mol. The summed E-state index contributed by atoms with van der Waals surface area (Å²) in [5.41, 5.74) is 2.23. The third-order valence-corrected chi connectivity index (χ3v) is 4.82. The van der Waals surface area contributed by atoms with Gasteiger partial charge in [-0.25, -0.2) is 0 Å². The van der Waals surface area contributed by atoms with Gasteiger partial charge in [0, 0.05) is 12.3 Å². The summed E-state index contributed by atoms with van der Waals surface area (Å²) in [6.07, 6.45) is 3.15. The molecule has 26 heavy (non-hydrogen) atoms. The number of benzene rings is 2. The van der Waals surface area contributed by atoms with Gasteiger partial charge in [-0.05, 0) is 30.9 Å². The fourth-order valence-corrected chi connectivity index (χ4v) is 3.24. The van der Waals surface area contributed by atoms with Crippen LogP contribution in [-0.2, 0) is 4.79 Å². The van der Waals surface area contributed by atoms with Gasteiger partial charge in [-0.3, -0.25) is 4.79 Å². The molecule has 0 heterocycles. The van der Waals surface area contributed by atoms with E-state index in [0.717, 1.165) is 24.0 Å². The smallest absolute Gasteiger partial charge is 0.220 e. The van der Waals surface area contributed by atoms with Crippen LogP contribution in [0.15, 0.2) is 60.7 Å². The lowest BCUT2D eigenvalue weighted by molar-refractivity contribution is -0.122. The van der Waals surface area contributed by atoms with Crippen LogP contribution in [0.25, 0.3) is 0 Å². The molecule has 0 aromatic heterocycles. The number of unbranched alkanes of at least 4 members (excludes halogenated alkanes) is 1. The maximum atomic E-state index is 12.4. The summed E-state index contributed by atoms with van der Waals surface area (Å²) in [7, 11) is 0. The van der Waals surface area contributed by atoms with Crippen LogP contribution < -0.4 is 5.32 Å². The monoisotopic (exact) mass is 348 g/mol. The van der Waals surface area contributed by atoms with Gasteiger partial charge < -0.3 is 5.32 Å². The Balaban J connectivity index is 2.25. The number of hydrogen-bond donors (Lipinski definition) is 1. The first-order chi connectivity index (χ1) is 12.7. The SMILES string of the molecule is CCCCC(=O)NC(CC(c1ccccc1)C(C)C#N)c1ccccc1. The highest BCUT2D eigenvalue weighted by Gasteiger charge is 2.25. The highest BCUT2D eigenvalue weighted by Crippen LogP contribution is 2.34. The number of hydrogen-bond acceptors (Lipinski definition) is 2. The molecule has 2 aromatic rings. The van der Waals surface area contributed by atoms with E-state index in [-0.39, 0.29) is 23.8 Å². The van der Waals surface area contributed by atoms with Crippen molar-refractivity contribution in [1.82, 2.24) is 5.32 Å². The van der Waals surface area contributed by atoms with Crippen molar-refractivity contribution >= 4 is 5.91 Å². The van der Waals surface area contributed by atoms with E-state index in [4.69, 9.17) is 0 Å². The maximum absolute atomic E-state index is 12.4. The molecule has 0 spiro atoms. The van der Waals surface area contributed by atoms with Crippen molar-refractivity contribution in [2.24, 2.45) is 5.92 Å². The molecule has 2 aromatic carbocycles. The third kappa shape index (κ3) is 5.74. The molecule has 0 saturated carbocycles. The molecule has 0 radical (unpaired) electrons. The van der Waals surface area contributed by atoms with Crippen LogP contribution in [0.5, 0.6) is 0 Å². The zero-order valence-corrected chi connectivity index (χ0v) is 15.7. The lowest BCUT2D eigenvalue weighted by Gasteiger charge is -2.27. The normalized spacial score (nSPS) is 14.0. The Morgan fingerprint density at radius 3 is 2.15 bits per heavy atom. The third-order valence-electron chi connectivity index (χ3n) is 4.82. The van der Waals surface area contributed by atoms with Gasteiger partial charge in [-0.15, -0.1) is 0 Å². The molecule has 0 saturated heterocycles. The zero-order chi connectivity index (χ0) is 18.8. The van der Waals surface area contributed by atoms with Gasteiger partial charge in [0.15, 0.2) is 0 Å². The predicted octanol–water partition coefficient (Wildman–Crippen LogP) is 5.37. The van der Waals surface area contributed by atoms with E-state index in [0.29, 0.717) is 12.8 Å². The van der Waals surface area contributed by atoms with Crippen molar-refractivity contribution in [2.45, 2.75) is 51.5 Å². The van der Waals surface area contributed by atoms with Gasteiger partial charge in [-0.2, -0.15) is 5.26 Å². The Labute approximate surface area is 157 Å². The second kappa shape index (κ2) is 10.4. The first-order valence-electron chi connectivity index (χ1n) is 9.44. The summed E-state index contributed by atoms with van der Waals surface area (Å²) >= 11 is 0. The predicted molar refractivity (Wildman–Crippen MR) is 105 cm³/mol. The molecule has 3 heteroatoms. The molecule has 0 aliphatic heterocycles. The number of rotatable bonds is 9. The van der Waals surface area contributed by atoms with E-state index in [2.05, 4.69) is 30.4 Å². The molecule has 0 fully saturated rings. The Bertz CT molecular complexity index is 706. The molecule has 0 bridgehead atoms. The molecule has 0 aliphatic rings. The fourth-order valence-electron chi connectivity index (χ4n) is 3.24. The van der Waals surface area contributed by atoms with E-state index < -0.39 is 0 Å². The second-order valence-electron chi connectivity index (χ2n) is 6.80. The van der Waals surface area contributed by atoms with Crippen molar-refractivity contribution in [1.29, 1.82) is 5.26 Å². The van der Waals surface area contributed by atoms with Gasteiger partial charge in [0.2, 0.25) is 5.91 Å². The summed E-state index contributed by atoms with van der Waals surface area (Å²) in [5.74, 6) is 0.0196. The van der Waals surface area contributed by atoms with Crippen LogP contribution in [0.2, 0.25) is 0 Å². The van der Waals surface area contributed by atoms with E-state index >= 15 is 0 Å².